The Labute approximate surface area is 122 Å². The second-order valence-electron chi connectivity index (χ2n) is 6.00. The third-order valence-electron chi connectivity index (χ3n) is 3.94. The molecular formula is C17H27NO2. The molecule has 0 spiro atoms. The van der Waals surface area contributed by atoms with Crippen molar-refractivity contribution < 1.29 is 9.47 Å². The molecule has 1 saturated carbocycles. The number of ether oxygens (including phenoxy) is 2. The van der Waals surface area contributed by atoms with Crippen LogP contribution >= 0.6 is 0 Å². The number of benzene rings is 1. The third kappa shape index (κ3) is 4.14. The van der Waals surface area contributed by atoms with E-state index in [0.717, 1.165) is 18.6 Å². The van der Waals surface area contributed by atoms with Gasteiger partial charge in [-0.3, -0.25) is 0 Å². The number of hydrogen-bond donors (Lipinski definition) is 1. The fourth-order valence-electron chi connectivity index (χ4n) is 2.81. The summed E-state index contributed by atoms with van der Waals surface area (Å²) in [7, 11) is 1.82. The van der Waals surface area contributed by atoms with Crippen LogP contribution in [0.5, 0.6) is 5.75 Å². The van der Waals surface area contributed by atoms with E-state index < -0.39 is 0 Å². The number of methoxy groups -OCH3 is 1. The van der Waals surface area contributed by atoms with Crippen LogP contribution in [0.15, 0.2) is 18.2 Å². The number of rotatable bonds is 5. The smallest absolute Gasteiger partial charge is 0.120 e. The van der Waals surface area contributed by atoms with Crippen LogP contribution in [0.1, 0.15) is 45.1 Å². The molecule has 1 fully saturated rings. The Kier molecular flexibility index (Phi) is 5.30. The first-order valence-corrected chi connectivity index (χ1v) is 7.65. The largest absolute Gasteiger partial charge is 0.491 e. The predicted octanol–water partition coefficient (Wildman–Crippen LogP) is 4.15. The van der Waals surface area contributed by atoms with Crippen LogP contribution in [0.25, 0.3) is 0 Å². The average Bonchev–Trinajstić information content (AvgIpc) is 2.42. The van der Waals surface area contributed by atoms with Crippen LogP contribution < -0.4 is 10.1 Å². The van der Waals surface area contributed by atoms with Gasteiger partial charge in [0.25, 0.3) is 0 Å². The van der Waals surface area contributed by atoms with Gasteiger partial charge in [0.2, 0.25) is 0 Å². The maximum atomic E-state index is 5.72. The molecule has 1 aromatic carbocycles. The minimum atomic E-state index is 0.220. The zero-order valence-corrected chi connectivity index (χ0v) is 13.1. The zero-order chi connectivity index (χ0) is 14.5. The van der Waals surface area contributed by atoms with E-state index in [1.807, 2.05) is 7.11 Å². The molecule has 0 saturated heterocycles. The van der Waals surface area contributed by atoms with E-state index in [1.54, 1.807) is 0 Å². The molecule has 0 amide bonds. The van der Waals surface area contributed by atoms with Crippen molar-refractivity contribution in [2.45, 2.75) is 64.7 Å². The minimum absolute atomic E-state index is 0.220. The van der Waals surface area contributed by atoms with Crippen molar-refractivity contribution in [3.8, 4) is 5.75 Å². The number of hydrogen-bond acceptors (Lipinski definition) is 3. The highest BCUT2D eigenvalue weighted by Gasteiger charge is 2.20. The molecule has 0 heterocycles. The predicted molar refractivity (Wildman–Crippen MR) is 83.6 cm³/mol. The summed E-state index contributed by atoms with van der Waals surface area (Å²) >= 11 is 0. The fraction of sp³-hybridized carbons (Fsp3) is 0.647. The lowest BCUT2D eigenvalue weighted by molar-refractivity contribution is 0.0682. The molecule has 1 aliphatic rings. The Morgan fingerprint density at radius 3 is 2.40 bits per heavy atom. The Morgan fingerprint density at radius 1 is 1.15 bits per heavy atom. The first-order chi connectivity index (χ1) is 9.58. The van der Waals surface area contributed by atoms with Gasteiger partial charge in [0, 0.05) is 18.8 Å². The molecule has 20 heavy (non-hydrogen) atoms. The molecule has 0 bridgehead atoms. The molecule has 2 rings (SSSR count). The highest BCUT2D eigenvalue weighted by atomic mass is 16.5. The van der Waals surface area contributed by atoms with E-state index >= 15 is 0 Å². The Hall–Kier alpha value is -1.22. The zero-order valence-electron chi connectivity index (χ0n) is 13.1. The van der Waals surface area contributed by atoms with E-state index in [-0.39, 0.29) is 6.10 Å². The van der Waals surface area contributed by atoms with Gasteiger partial charge in [-0.1, -0.05) is 0 Å². The SMILES string of the molecule is COC1CCC(Nc2ccc(OC(C)C)cc2C)CC1. The van der Waals surface area contributed by atoms with Gasteiger partial charge in [0.1, 0.15) is 5.75 Å². The van der Waals surface area contributed by atoms with Crippen LogP contribution in [-0.4, -0.2) is 25.4 Å². The first kappa shape index (κ1) is 15.2. The summed E-state index contributed by atoms with van der Waals surface area (Å²) in [5.74, 6) is 0.950. The summed E-state index contributed by atoms with van der Waals surface area (Å²) in [6.45, 7) is 6.24. The van der Waals surface area contributed by atoms with E-state index in [2.05, 4.69) is 44.3 Å². The highest BCUT2D eigenvalue weighted by molar-refractivity contribution is 5.54. The molecule has 3 heteroatoms. The summed E-state index contributed by atoms with van der Waals surface area (Å²) < 4.78 is 11.1. The Balaban J connectivity index is 1.93. The lowest BCUT2D eigenvalue weighted by Crippen LogP contribution is -2.29. The van der Waals surface area contributed by atoms with Crippen molar-refractivity contribution in [3.63, 3.8) is 0 Å². The quantitative estimate of drug-likeness (QED) is 0.877. The maximum Gasteiger partial charge on any atom is 0.120 e. The summed E-state index contributed by atoms with van der Waals surface area (Å²) in [5, 5.41) is 3.66. The molecule has 1 aromatic rings. The van der Waals surface area contributed by atoms with Crippen molar-refractivity contribution in [1.82, 2.24) is 0 Å². The molecular weight excluding hydrogens is 250 g/mol. The lowest BCUT2D eigenvalue weighted by atomic mass is 9.92. The molecule has 1 N–H and O–H groups in total. The van der Waals surface area contributed by atoms with Gasteiger partial charge in [-0.05, 0) is 70.2 Å². The van der Waals surface area contributed by atoms with E-state index in [1.165, 1.54) is 24.1 Å². The molecule has 0 atom stereocenters. The summed E-state index contributed by atoms with van der Waals surface area (Å²) in [6.07, 6.45) is 5.35. The second-order valence-corrected chi connectivity index (χ2v) is 6.00. The number of aryl methyl sites for hydroxylation is 1. The van der Waals surface area contributed by atoms with Crippen molar-refractivity contribution in [3.05, 3.63) is 23.8 Å². The molecule has 1 aliphatic carbocycles. The summed E-state index contributed by atoms with van der Waals surface area (Å²) in [5.41, 5.74) is 2.47. The van der Waals surface area contributed by atoms with Crippen LogP contribution in [0.4, 0.5) is 5.69 Å². The molecule has 0 unspecified atom stereocenters. The van der Waals surface area contributed by atoms with Gasteiger partial charge in [0.15, 0.2) is 0 Å². The first-order valence-electron chi connectivity index (χ1n) is 7.65. The van der Waals surface area contributed by atoms with Gasteiger partial charge in [-0.2, -0.15) is 0 Å². The number of nitrogens with one attached hydrogen (secondary N) is 1. The van der Waals surface area contributed by atoms with Gasteiger partial charge in [-0.15, -0.1) is 0 Å². The molecule has 3 nitrogen and oxygen atoms in total. The molecule has 112 valence electrons. The highest BCUT2D eigenvalue weighted by Crippen LogP contribution is 2.27. The third-order valence-corrected chi connectivity index (χ3v) is 3.94. The summed E-state index contributed by atoms with van der Waals surface area (Å²) in [6, 6.07) is 6.87. The standard InChI is InChI=1S/C17H27NO2/c1-12(2)20-16-9-10-17(13(3)11-16)18-14-5-7-15(19-4)8-6-14/h9-12,14-15,18H,5-8H2,1-4H3. The monoisotopic (exact) mass is 277 g/mol. The Bertz CT molecular complexity index is 423. The summed E-state index contributed by atoms with van der Waals surface area (Å²) in [4.78, 5) is 0. The van der Waals surface area contributed by atoms with Crippen LogP contribution in [0.3, 0.4) is 0 Å². The normalized spacial score (nSPS) is 22.9. The van der Waals surface area contributed by atoms with Crippen molar-refractivity contribution in [1.29, 1.82) is 0 Å². The van der Waals surface area contributed by atoms with Crippen molar-refractivity contribution >= 4 is 5.69 Å². The average molecular weight is 277 g/mol. The number of anilines is 1. The van der Waals surface area contributed by atoms with Gasteiger partial charge in [0.05, 0.1) is 12.2 Å². The van der Waals surface area contributed by atoms with E-state index in [0.29, 0.717) is 12.1 Å². The Morgan fingerprint density at radius 2 is 1.85 bits per heavy atom. The van der Waals surface area contributed by atoms with Crippen molar-refractivity contribution in [2.75, 3.05) is 12.4 Å². The maximum absolute atomic E-state index is 5.72. The topological polar surface area (TPSA) is 30.5 Å². The van der Waals surface area contributed by atoms with Gasteiger partial charge < -0.3 is 14.8 Å². The second kappa shape index (κ2) is 6.98. The van der Waals surface area contributed by atoms with Crippen LogP contribution in [0, 0.1) is 6.92 Å². The van der Waals surface area contributed by atoms with Crippen LogP contribution in [-0.2, 0) is 4.74 Å². The van der Waals surface area contributed by atoms with Crippen LogP contribution in [0.2, 0.25) is 0 Å². The minimum Gasteiger partial charge on any atom is -0.491 e. The van der Waals surface area contributed by atoms with Crippen molar-refractivity contribution in [2.24, 2.45) is 0 Å². The van der Waals surface area contributed by atoms with E-state index in [4.69, 9.17) is 9.47 Å². The fourth-order valence-corrected chi connectivity index (χ4v) is 2.81. The lowest BCUT2D eigenvalue weighted by Gasteiger charge is -2.29. The molecule has 0 aliphatic heterocycles. The van der Waals surface area contributed by atoms with E-state index in [9.17, 15) is 0 Å². The molecule has 0 radical (unpaired) electrons. The van der Waals surface area contributed by atoms with Gasteiger partial charge in [-0.25, -0.2) is 0 Å². The van der Waals surface area contributed by atoms with Gasteiger partial charge >= 0.3 is 0 Å². The molecule has 0 aromatic heterocycles.